The van der Waals surface area contributed by atoms with E-state index in [1.54, 1.807) is 0 Å². The lowest BCUT2D eigenvalue weighted by Crippen LogP contribution is -2.37. The van der Waals surface area contributed by atoms with Crippen LogP contribution in [0, 0.1) is 0 Å². The van der Waals surface area contributed by atoms with Crippen LogP contribution < -0.4 is 4.89 Å². The molecule has 0 spiro atoms. The van der Waals surface area contributed by atoms with Gasteiger partial charge in [-0.15, -0.1) is 0 Å². The molecule has 260 valence electrons. The van der Waals surface area contributed by atoms with E-state index >= 15 is 0 Å². The molecular weight excluding hydrogens is 585 g/mol. The number of phosphoric ester groups is 1. The standard InChI is InChI=1S/C33H64NO9P/c1-5-6-7-8-9-10-11-12-13-14-15-18-21-24-32(36)40-29-31(30-42-44(38,39)41-28-26-34(2,3)4)43-33(37)25-22-19-16-17-20-23-27-35/h27,31H,5-26,28-30H2,1-4H3/t31-/m0/s1. The number of rotatable bonds is 32. The Kier molecular flexibility index (Phi) is 27.1. The zero-order valence-electron chi connectivity index (χ0n) is 28.4. The summed E-state index contributed by atoms with van der Waals surface area (Å²) in [6.07, 6.45) is 20.7. The van der Waals surface area contributed by atoms with E-state index in [1.807, 2.05) is 21.1 Å². The predicted molar refractivity (Wildman–Crippen MR) is 172 cm³/mol. The van der Waals surface area contributed by atoms with Gasteiger partial charge in [0.2, 0.25) is 0 Å². The van der Waals surface area contributed by atoms with Gasteiger partial charge in [-0.2, -0.15) is 0 Å². The van der Waals surface area contributed by atoms with Gasteiger partial charge >= 0.3 is 11.9 Å². The van der Waals surface area contributed by atoms with Crippen molar-refractivity contribution in [3.63, 3.8) is 0 Å². The number of quaternary nitrogens is 1. The van der Waals surface area contributed by atoms with E-state index in [0.29, 0.717) is 23.9 Å². The van der Waals surface area contributed by atoms with Crippen LogP contribution in [-0.2, 0) is 37.5 Å². The third kappa shape index (κ3) is 30.7. The van der Waals surface area contributed by atoms with Crippen molar-refractivity contribution in [3.8, 4) is 0 Å². The van der Waals surface area contributed by atoms with Crippen LogP contribution in [0.25, 0.3) is 0 Å². The molecule has 0 amide bonds. The van der Waals surface area contributed by atoms with Crippen molar-refractivity contribution >= 4 is 26.0 Å². The largest absolute Gasteiger partial charge is 0.756 e. The molecule has 44 heavy (non-hydrogen) atoms. The van der Waals surface area contributed by atoms with Crippen molar-refractivity contribution in [1.29, 1.82) is 0 Å². The van der Waals surface area contributed by atoms with Gasteiger partial charge in [0.15, 0.2) is 6.10 Å². The summed E-state index contributed by atoms with van der Waals surface area (Å²) in [4.78, 5) is 47.3. The van der Waals surface area contributed by atoms with Crippen LogP contribution in [0.3, 0.4) is 0 Å². The minimum atomic E-state index is -4.62. The lowest BCUT2D eigenvalue weighted by molar-refractivity contribution is -0.870. The van der Waals surface area contributed by atoms with Gasteiger partial charge < -0.3 is 32.7 Å². The number of hydrogen-bond acceptors (Lipinski definition) is 9. The number of carbonyl (C=O) groups excluding carboxylic acids is 3. The fraction of sp³-hybridized carbons (Fsp3) is 0.909. The van der Waals surface area contributed by atoms with Crippen LogP contribution >= 0.6 is 7.82 Å². The minimum Gasteiger partial charge on any atom is -0.756 e. The van der Waals surface area contributed by atoms with Gasteiger partial charge in [0.05, 0.1) is 27.7 Å². The third-order valence-corrected chi connectivity index (χ3v) is 8.31. The van der Waals surface area contributed by atoms with Crippen LogP contribution in [-0.4, -0.2) is 76.3 Å². The summed E-state index contributed by atoms with van der Waals surface area (Å²) in [5, 5.41) is 0. The van der Waals surface area contributed by atoms with E-state index in [2.05, 4.69) is 6.92 Å². The minimum absolute atomic E-state index is 0.0459. The molecule has 0 rings (SSSR count). The fourth-order valence-electron chi connectivity index (χ4n) is 4.57. The summed E-state index contributed by atoms with van der Waals surface area (Å²) in [7, 11) is 1.11. The molecule has 0 N–H and O–H groups in total. The summed E-state index contributed by atoms with van der Waals surface area (Å²) in [6, 6.07) is 0. The molecule has 0 radical (unpaired) electrons. The van der Waals surface area contributed by atoms with Crippen molar-refractivity contribution < 1.29 is 46.8 Å². The number of likely N-dealkylation sites (N-methyl/N-ethyl adjacent to an activating group) is 1. The molecule has 2 atom stereocenters. The first-order chi connectivity index (χ1) is 21.0. The van der Waals surface area contributed by atoms with E-state index < -0.39 is 32.5 Å². The molecule has 0 aliphatic rings. The van der Waals surface area contributed by atoms with E-state index in [4.69, 9.17) is 18.5 Å². The Balaban J connectivity index is 4.39. The van der Waals surface area contributed by atoms with E-state index in [1.165, 1.54) is 64.2 Å². The summed E-state index contributed by atoms with van der Waals surface area (Å²) < 4.78 is 33.4. The zero-order chi connectivity index (χ0) is 32.9. The van der Waals surface area contributed by atoms with Gasteiger partial charge in [0.1, 0.15) is 26.0 Å². The van der Waals surface area contributed by atoms with Crippen LogP contribution in [0.1, 0.15) is 142 Å². The maximum absolute atomic E-state index is 12.4. The Hall–Kier alpha value is -1.32. The van der Waals surface area contributed by atoms with Crippen molar-refractivity contribution in [2.45, 2.75) is 148 Å². The van der Waals surface area contributed by atoms with Gasteiger partial charge in [-0.1, -0.05) is 103 Å². The van der Waals surface area contributed by atoms with Gasteiger partial charge in [-0.25, -0.2) is 0 Å². The van der Waals surface area contributed by atoms with Crippen LogP contribution in [0.4, 0.5) is 0 Å². The molecule has 0 aliphatic heterocycles. The maximum Gasteiger partial charge on any atom is 0.306 e. The third-order valence-electron chi connectivity index (χ3n) is 7.35. The van der Waals surface area contributed by atoms with E-state index in [0.717, 1.165) is 51.2 Å². The molecule has 0 aliphatic carbocycles. The smallest absolute Gasteiger partial charge is 0.306 e. The summed E-state index contributed by atoms with van der Waals surface area (Å²) in [6.45, 7) is 1.88. The molecular formula is C33H64NO9P. The Morgan fingerprint density at radius 2 is 1.18 bits per heavy atom. The van der Waals surface area contributed by atoms with Crippen molar-refractivity contribution in [1.82, 2.24) is 0 Å². The van der Waals surface area contributed by atoms with Crippen LogP contribution in [0.5, 0.6) is 0 Å². The predicted octanol–water partition coefficient (Wildman–Crippen LogP) is 7.06. The molecule has 0 aromatic carbocycles. The number of ether oxygens (including phenoxy) is 2. The highest BCUT2D eigenvalue weighted by Crippen LogP contribution is 2.38. The molecule has 0 saturated heterocycles. The highest BCUT2D eigenvalue weighted by molar-refractivity contribution is 7.45. The second kappa shape index (κ2) is 27.9. The highest BCUT2D eigenvalue weighted by atomic mass is 31.2. The molecule has 0 bridgehead atoms. The van der Waals surface area contributed by atoms with Crippen molar-refractivity contribution in [3.05, 3.63) is 0 Å². The topological polar surface area (TPSA) is 128 Å². The first-order valence-corrected chi connectivity index (χ1v) is 18.6. The molecule has 0 heterocycles. The Bertz CT molecular complexity index is 773. The molecule has 1 unspecified atom stereocenters. The van der Waals surface area contributed by atoms with Gasteiger partial charge in [-0.3, -0.25) is 14.2 Å². The number of esters is 2. The van der Waals surface area contributed by atoms with Gasteiger partial charge in [0.25, 0.3) is 7.82 Å². The lowest BCUT2D eigenvalue weighted by Gasteiger charge is -2.28. The summed E-state index contributed by atoms with van der Waals surface area (Å²) in [5.41, 5.74) is 0. The second-order valence-electron chi connectivity index (χ2n) is 12.9. The number of phosphoric acid groups is 1. The van der Waals surface area contributed by atoms with Crippen molar-refractivity contribution in [2.75, 3.05) is 47.5 Å². The zero-order valence-corrected chi connectivity index (χ0v) is 29.3. The second-order valence-corrected chi connectivity index (χ2v) is 14.3. The molecule has 0 aromatic heterocycles. The normalized spacial score (nSPS) is 13.8. The lowest BCUT2D eigenvalue weighted by atomic mass is 10.0. The molecule has 0 saturated carbocycles. The molecule has 11 heteroatoms. The quantitative estimate of drug-likeness (QED) is 0.0247. The maximum atomic E-state index is 12.4. The number of aldehydes is 1. The van der Waals surface area contributed by atoms with Crippen LogP contribution in [0.15, 0.2) is 0 Å². The summed E-state index contributed by atoms with van der Waals surface area (Å²) >= 11 is 0. The van der Waals surface area contributed by atoms with Gasteiger partial charge in [0, 0.05) is 19.3 Å². The average molecular weight is 650 g/mol. The Morgan fingerprint density at radius 1 is 0.705 bits per heavy atom. The average Bonchev–Trinajstić information content (AvgIpc) is 2.95. The number of hydrogen-bond donors (Lipinski definition) is 0. The number of unbranched alkanes of at least 4 members (excludes halogenated alkanes) is 17. The monoisotopic (exact) mass is 649 g/mol. The molecule has 10 nitrogen and oxygen atoms in total. The Morgan fingerprint density at radius 3 is 1.68 bits per heavy atom. The SMILES string of the molecule is CCCCCCCCCCCCCCCC(=O)OC[C@@H](COP(=O)([O-])OCC[N+](C)(C)C)OC(=O)CCCCCCCC=O. The van der Waals surface area contributed by atoms with E-state index in [-0.39, 0.29) is 26.1 Å². The first kappa shape index (κ1) is 42.7. The number of nitrogens with zero attached hydrogens (tertiary/aromatic N) is 1. The Labute approximate surface area is 268 Å². The van der Waals surface area contributed by atoms with Gasteiger partial charge in [-0.05, 0) is 19.3 Å². The van der Waals surface area contributed by atoms with Crippen LogP contribution in [0.2, 0.25) is 0 Å². The summed E-state index contributed by atoms with van der Waals surface area (Å²) in [5.74, 6) is -0.917. The highest BCUT2D eigenvalue weighted by Gasteiger charge is 2.21. The number of carbonyl (C=O) groups is 3. The van der Waals surface area contributed by atoms with E-state index in [9.17, 15) is 23.8 Å². The first-order valence-electron chi connectivity index (χ1n) is 17.2. The molecule has 0 aromatic rings. The fourth-order valence-corrected chi connectivity index (χ4v) is 5.30. The molecule has 0 fully saturated rings. The van der Waals surface area contributed by atoms with Crippen molar-refractivity contribution in [2.24, 2.45) is 0 Å².